The molecule has 0 saturated heterocycles. The number of anilines is 1. The van der Waals surface area contributed by atoms with Crippen molar-refractivity contribution in [1.82, 2.24) is 14.8 Å². The monoisotopic (exact) mass is 448 g/mol. The minimum absolute atomic E-state index is 0.0452. The fourth-order valence-electron chi connectivity index (χ4n) is 2.88. The summed E-state index contributed by atoms with van der Waals surface area (Å²) in [6.45, 7) is 5.94. The predicted molar refractivity (Wildman–Crippen MR) is 117 cm³/mol. The van der Waals surface area contributed by atoms with Crippen LogP contribution in [0.4, 0.5) is 10.1 Å². The molecule has 1 heterocycles. The highest BCUT2D eigenvalue weighted by Gasteiger charge is 2.19. The van der Waals surface area contributed by atoms with E-state index in [1.54, 1.807) is 4.57 Å². The molecule has 1 N–H and O–H groups in total. The number of benzene rings is 2. The van der Waals surface area contributed by atoms with Crippen LogP contribution in [0, 0.1) is 19.7 Å². The number of ether oxygens (including phenoxy) is 1. The number of carbonyl (C=O) groups excluding carboxylic acids is 1. The third kappa shape index (κ3) is 5.31. The van der Waals surface area contributed by atoms with Crippen molar-refractivity contribution in [2.75, 3.05) is 11.1 Å². The molecule has 0 saturated carbocycles. The minimum atomic E-state index is -0.534. The smallest absolute Gasteiger partial charge is 0.234 e. The Kier molecular flexibility index (Phi) is 6.99. The minimum Gasteiger partial charge on any atom is -0.482 e. The number of aryl methyl sites for hydroxylation is 2. The molecule has 1 unspecified atom stereocenters. The molecule has 158 valence electrons. The van der Waals surface area contributed by atoms with Gasteiger partial charge in [0.2, 0.25) is 5.91 Å². The van der Waals surface area contributed by atoms with Gasteiger partial charge in [0.1, 0.15) is 11.6 Å². The molecule has 1 aromatic heterocycles. The molecule has 9 heteroatoms. The molecule has 1 atom stereocenters. The zero-order valence-corrected chi connectivity index (χ0v) is 18.6. The van der Waals surface area contributed by atoms with Gasteiger partial charge in [0.25, 0.3) is 0 Å². The summed E-state index contributed by atoms with van der Waals surface area (Å²) in [5.41, 5.74) is 2.66. The molecule has 0 radical (unpaired) electrons. The fourth-order valence-corrected chi connectivity index (χ4v) is 3.78. The van der Waals surface area contributed by atoms with Crippen molar-refractivity contribution in [2.45, 2.75) is 32.0 Å². The molecule has 3 rings (SSSR count). The van der Waals surface area contributed by atoms with Crippen molar-refractivity contribution in [1.29, 1.82) is 0 Å². The van der Waals surface area contributed by atoms with E-state index in [4.69, 9.17) is 16.3 Å². The lowest BCUT2D eigenvalue weighted by Gasteiger charge is -2.16. The molecule has 0 fully saturated rings. The van der Waals surface area contributed by atoms with Crippen LogP contribution in [0.15, 0.2) is 41.6 Å². The number of carbonyl (C=O) groups is 1. The molecule has 6 nitrogen and oxygen atoms in total. The number of aromatic nitrogens is 3. The first-order chi connectivity index (χ1) is 14.2. The first kappa shape index (κ1) is 22.1. The van der Waals surface area contributed by atoms with Gasteiger partial charge in [-0.25, -0.2) is 4.39 Å². The number of thioether (sulfide) groups is 1. The van der Waals surface area contributed by atoms with Crippen LogP contribution in [0.1, 0.15) is 30.0 Å². The van der Waals surface area contributed by atoms with Crippen LogP contribution in [0.5, 0.6) is 5.75 Å². The third-order valence-corrected chi connectivity index (χ3v) is 5.71. The van der Waals surface area contributed by atoms with Crippen LogP contribution in [-0.2, 0) is 11.8 Å². The van der Waals surface area contributed by atoms with Crippen molar-refractivity contribution < 1.29 is 13.9 Å². The Morgan fingerprint density at radius 1 is 1.27 bits per heavy atom. The second-order valence-corrected chi connectivity index (χ2v) is 8.24. The van der Waals surface area contributed by atoms with Gasteiger partial charge in [-0.05, 0) is 50.6 Å². The summed E-state index contributed by atoms with van der Waals surface area (Å²) < 4.78 is 21.1. The lowest BCUT2D eigenvalue weighted by Crippen LogP contribution is -2.15. The molecule has 0 aliphatic carbocycles. The van der Waals surface area contributed by atoms with Gasteiger partial charge < -0.3 is 14.6 Å². The lowest BCUT2D eigenvalue weighted by molar-refractivity contribution is -0.113. The van der Waals surface area contributed by atoms with E-state index in [9.17, 15) is 9.18 Å². The largest absolute Gasteiger partial charge is 0.482 e. The molecular formula is C21H22ClFN4O2S. The highest BCUT2D eigenvalue weighted by atomic mass is 35.5. The summed E-state index contributed by atoms with van der Waals surface area (Å²) in [7, 11) is 1.83. The first-order valence-corrected chi connectivity index (χ1v) is 10.6. The van der Waals surface area contributed by atoms with E-state index in [0.717, 1.165) is 11.3 Å². The number of amides is 1. The number of rotatable bonds is 7. The van der Waals surface area contributed by atoms with Crippen molar-refractivity contribution in [2.24, 2.45) is 7.05 Å². The highest BCUT2D eigenvalue weighted by Crippen LogP contribution is 2.27. The summed E-state index contributed by atoms with van der Waals surface area (Å²) in [5.74, 6) is 0.776. The van der Waals surface area contributed by atoms with Gasteiger partial charge in [-0.15, -0.1) is 10.2 Å². The van der Waals surface area contributed by atoms with E-state index in [1.165, 1.54) is 35.5 Å². The standard InChI is InChI=1S/C21H22ClFN4O2S/c1-12-5-8-18(13(2)9-12)29-14(3)20-25-26-21(27(20)4)30-11-19(28)24-15-6-7-17(23)16(22)10-15/h5-10,14H,11H2,1-4H3,(H,24,28). The summed E-state index contributed by atoms with van der Waals surface area (Å²) in [6, 6.07) is 10.0. The second-order valence-electron chi connectivity index (χ2n) is 6.89. The van der Waals surface area contributed by atoms with Gasteiger partial charge in [-0.2, -0.15) is 0 Å². The van der Waals surface area contributed by atoms with Crippen molar-refractivity contribution >= 4 is 35.0 Å². The number of hydrogen-bond donors (Lipinski definition) is 1. The average Bonchev–Trinajstić information content (AvgIpc) is 3.06. The van der Waals surface area contributed by atoms with E-state index in [2.05, 4.69) is 21.6 Å². The zero-order valence-electron chi connectivity index (χ0n) is 17.1. The molecule has 1 amide bonds. The maximum atomic E-state index is 13.2. The van der Waals surface area contributed by atoms with Crippen molar-refractivity contribution in [3.8, 4) is 5.75 Å². The van der Waals surface area contributed by atoms with Gasteiger partial charge in [-0.1, -0.05) is 41.1 Å². The van der Waals surface area contributed by atoms with Crippen LogP contribution < -0.4 is 10.1 Å². The van der Waals surface area contributed by atoms with Crippen LogP contribution >= 0.6 is 23.4 Å². The quantitative estimate of drug-likeness (QED) is 0.509. The second kappa shape index (κ2) is 9.49. The number of halogens is 2. The lowest BCUT2D eigenvalue weighted by atomic mass is 10.1. The van der Waals surface area contributed by atoms with Gasteiger partial charge >= 0.3 is 0 Å². The molecule has 0 aliphatic heterocycles. The SMILES string of the molecule is Cc1ccc(OC(C)c2nnc(SCC(=O)Nc3ccc(F)c(Cl)c3)n2C)c(C)c1. The van der Waals surface area contributed by atoms with E-state index in [-0.39, 0.29) is 22.8 Å². The molecule has 3 aromatic rings. The summed E-state index contributed by atoms with van der Waals surface area (Å²) in [4.78, 5) is 12.2. The van der Waals surface area contributed by atoms with E-state index >= 15 is 0 Å². The molecule has 0 spiro atoms. The number of nitrogens with one attached hydrogen (secondary N) is 1. The van der Waals surface area contributed by atoms with Crippen LogP contribution in [0.3, 0.4) is 0 Å². The maximum absolute atomic E-state index is 13.2. The summed E-state index contributed by atoms with van der Waals surface area (Å²) >= 11 is 6.98. The van der Waals surface area contributed by atoms with Crippen LogP contribution in [0.2, 0.25) is 5.02 Å². The molecule has 2 aromatic carbocycles. The highest BCUT2D eigenvalue weighted by molar-refractivity contribution is 7.99. The normalized spacial score (nSPS) is 11.9. The van der Waals surface area contributed by atoms with Gasteiger partial charge in [-0.3, -0.25) is 4.79 Å². The first-order valence-electron chi connectivity index (χ1n) is 9.25. The molecule has 0 aliphatic rings. The Morgan fingerprint density at radius 2 is 2.03 bits per heavy atom. The zero-order chi connectivity index (χ0) is 21.8. The summed E-state index contributed by atoms with van der Waals surface area (Å²) in [5, 5.41) is 11.6. The van der Waals surface area contributed by atoms with Crippen LogP contribution in [0.25, 0.3) is 0 Å². The maximum Gasteiger partial charge on any atom is 0.234 e. The Bertz CT molecular complexity index is 1070. The van der Waals surface area contributed by atoms with E-state index < -0.39 is 5.82 Å². The van der Waals surface area contributed by atoms with Crippen molar-refractivity contribution in [3.05, 3.63) is 64.2 Å². The molecule has 30 heavy (non-hydrogen) atoms. The van der Waals surface area contributed by atoms with Crippen molar-refractivity contribution in [3.63, 3.8) is 0 Å². The Balaban J connectivity index is 1.60. The Morgan fingerprint density at radius 3 is 2.73 bits per heavy atom. The number of hydrogen-bond acceptors (Lipinski definition) is 5. The topological polar surface area (TPSA) is 69.0 Å². The Hall–Kier alpha value is -2.58. The van der Waals surface area contributed by atoms with Crippen LogP contribution in [-0.4, -0.2) is 26.4 Å². The van der Waals surface area contributed by atoms with E-state index in [0.29, 0.717) is 16.7 Å². The Labute approximate surface area is 183 Å². The predicted octanol–water partition coefficient (Wildman–Crippen LogP) is 5.10. The summed E-state index contributed by atoms with van der Waals surface area (Å²) in [6.07, 6.45) is -0.312. The molecular weight excluding hydrogens is 427 g/mol. The van der Waals surface area contributed by atoms with E-state index in [1.807, 2.05) is 40.0 Å². The van der Waals surface area contributed by atoms with Gasteiger partial charge in [0.05, 0.1) is 10.8 Å². The van der Waals surface area contributed by atoms with Gasteiger partial charge in [0, 0.05) is 12.7 Å². The average molecular weight is 449 g/mol. The van der Waals surface area contributed by atoms with Gasteiger partial charge in [0.15, 0.2) is 17.1 Å². The third-order valence-electron chi connectivity index (χ3n) is 4.40. The number of nitrogens with zero attached hydrogens (tertiary/aromatic N) is 3. The fraction of sp³-hybridized carbons (Fsp3) is 0.286. The molecule has 0 bridgehead atoms.